The molecule has 0 atom stereocenters. The highest BCUT2D eigenvalue weighted by Gasteiger charge is 2.21. The van der Waals surface area contributed by atoms with Crippen molar-refractivity contribution in [1.82, 2.24) is 9.55 Å². The molecule has 0 N–H and O–H groups in total. The highest BCUT2D eigenvalue weighted by molar-refractivity contribution is 6.22. The lowest BCUT2D eigenvalue weighted by Crippen LogP contribution is -2.03. The summed E-state index contributed by atoms with van der Waals surface area (Å²) in [5, 5.41) is 4.08. The molecule has 0 amide bonds. The van der Waals surface area contributed by atoms with Crippen molar-refractivity contribution in [2.45, 2.75) is 13.3 Å². The number of nitrogens with zero attached hydrogens (tertiary/aromatic N) is 2. The van der Waals surface area contributed by atoms with E-state index in [1.165, 1.54) is 0 Å². The van der Waals surface area contributed by atoms with E-state index in [1.807, 2.05) is 60.7 Å². The maximum absolute atomic E-state index is 8.74. The molecule has 0 aliphatic rings. The minimum Gasteiger partial charge on any atom is -0.296 e. The fraction of sp³-hybridized carbons (Fsp3) is 0.0488. The van der Waals surface area contributed by atoms with E-state index in [2.05, 4.69) is 72.2 Å². The molecule has 8 rings (SSSR count). The van der Waals surface area contributed by atoms with Crippen LogP contribution >= 0.6 is 0 Å². The van der Waals surface area contributed by atoms with Crippen LogP contribution in [0.5, 0.6) is 0 Å². The maximum Gasteiger partial charge on any atom is 0.114 e. The third-order valence-electron chi connectivity index (χ3n) is 8.24. The number of para-hydroxylation sites is 3. The maximum atomic E-state index is 8.74. The van der Waals surface area contributed by atoms with E-state index in [1.54, 1.807) is 0 Å². The van der Waals surface area contributed by atoms with Gasteiger partial charge < -0.3 is 0 Å². The van der Waals surface area contributed by atoms with E-state index in [0.29, 0.717) is 5.56 Å². The molecule has 8 aromatic rings. The monoisotopic (exact) mass is 555 g/mol. The Morgan fingerprint density at radius 2 is 1.26 bits per heavy atom. The van der Waals surface area contributed by atoms with Gasteiger partial charge in [-0.05, 0) is 73.6 Å². The molecule has 1 heterocycles. The van der Waals surface area contributed by atoms with Gasteiger partial charge in [0.05, 0.1) is 23.6 Å². The van der Waals surface area contributed by atoms with Gasteiger partial charge in [0.25, 0.3) is 0 Å². The Labute approximate surface area is 258 Å². The van der Waals surface area contributed by atoms with Crippen LogP contribution in [0.1, 0.15) is 19.6 Å². The number of rotatable bonds is 5. The van der Waals surface area contributed by atoms with Gasteiger partial charge in [0, 0.05) is 12.0 Å². The molecule has 0 saturated heterocycles. The summed E-state index contributed by atoms with van der Waals surface area (Å²) < 4.78 is 44.6. The molecule has 7 aromatic carbocycles. The zero-order valence-corrected chi connectivity index (χ0v) is 23.6. The van der Waals surface area contributed by atoms with Crippen molar-refractivity contribution in [3.63, 3.8) is 0 Å². The average molecular weight is 556 g/mol. The van der Waals surface area contributed by atoms with E-state index in [9.17, 15) is 0 Å². The standard InChI is InChI=1S/C41H30N2/c1-2-39-42-36-22-12-14-24-38(36)43(39)37-23-13-11-21-34(37)41-32-20-10-9-19-31(32)40(29-17-7-4-8-18-29)35-27-30(25-26-33(35)41)28-15-5-3-6-16-28/h3-27H,2H2,1H3/i3D,5D,6D,15D,16D. The van der Waals surface area contributed by atoms with Crippen molar-refractivity contribution in [2.24, 2.45) is 0 Å². The summed E-state index contributed by atoms with van der Waals surface area (Å²) in [6, 6.07) is 39.7. The summed E-state index contributed by atoms with van der Waals surface area (Å²) >= 11 is 0. The van der Waals surface area contributed by atoms with Crippen molar-refractivity contribution < 1.29 is 6.85 Å². The van der Waals surface area contributed by atoms with E-state index in [0.717, 1.165) is 72.8 Å². The zero-order chi connectivity index (χ0) is 33.1. The molecule has 0 fully saturated rings. The van der Waals surface area contributed by atoms with E-state index < -0.39 is 6.04 Å². The lowest BCUT2D eigenvalue weighted by molar-refractivity contribution is 0.909. The van der Waals surface area contributed by atoms with Gasteiger partial charge in [-0.25, -0.2) is 4.98 Å². The van der Waals surface area contributed by atoms with Crippen molar-refractivity contribution in [3.05, 3.63) is 157 Å². The van der Waals surface area contributed by atoms with Gasteiger partial charge >= 0.3 is 0 Å². The van der Waals surface area contributed by atoms with E-state index in [-0.39, 0.29) is 29.7 Å². The summed E-state index contributed by atoms with van der Waals surface area (Å²) in [5.74, 6) is 0.974. The van der Waals surface area contributed by atoms with Crippen molar-refractivity contribution in [2.75, 3.05) is 0 Å². The van der Waals surface area contributed by atoms with E-state index in [4.69, 9.17) is 11.8 Å². The number of benzene rings is 7. The Morgan fingerprint density at radius 1 is 0.581 bits per heavy atom. The van der Waals surface area contributed by atoms with Gasteiger partial charge in [0.2, 0.25) is 0 Å². The molecular formula is C41H30N2. The van der Waals surface area contributed by atoms with Crippen LogP contribution in [-0.2, 0) is 6.42 Å². The topological polar surface area (TPSA) is 17.8 Å². The molecule has 204 valence electrons. The molecule has 0 spiro atoms. The minimum atomic E-state index is -0.400. The van der Waals surface area contributed by atoms with Crippen LogP contribution in [0, 0.1) is 0 Å². The first kappa shape index (κ1) is 20.4. The van der Waals surface area contributed by atoms with Gasteiger partial charge in [-0.1, -0.05) is 134 Å². The summed E-state index contributed by atoms with van der Waals surface area (Å²) in [6.45, 7) is 2.13. The Morgan fingerprint density at radius 3 is 2.07 bits per heavy atom. The smallest absolute Gasteiger partial charge is 0.114 e. The Kier molecular flexibility index (Phi) is 4.95. The molecule has 0 aliphatic heterocycles. The summed E-state index contributed by atoms with van der Waals surface area (Å²) in [4.78, 5) is 4.99. The quantitative estimate of drug-likeness (QED) is 0.193. The first-order valence-corrected chi connectivity index (χ1v) is 14.6. The molecule has 0 unspecified atom stereocenters. The first-order chi connectivity index (χ1) is 23.4. The first-order valence-electron chi connectivity index (χ1n) is 17.1. The van der Waals surface area contributed by atoms with Gasteiger partial charge in [0.1, 0.15) is 5.82 Å². The second kappa shape index (κ2) is 10.4. The number of aromatic nitrogens is 2. The number of hydrogen-bond donors (Lipinski definition) is 0. The number of imidazole rings is 1. The van der Waals surface area contributed by atoms with Crippen LogP contribution in [-0.4, -0.2) is 9.55 Å². The third kappa shape index (κ3) is 4.14. The van der Waals surface area contributed by atoms with Crippen LogP contribution in [0.4, 0.5) is 0 Å². The van der Waals surface area contributed by atoms with E-state index >= 15 is 0 Å². The molecular weight excluding hydrogens is 520 g/mol. The number of hydrogen-bond acceptors (Lipinski definition) is 1. The molecule has 0 aliphatic carbocycles. The Balaban J connectivity index is 1.53. The molecule has 0 saturated carbocycles. The lowest BCUT2D eigenvalue weighted by Gasteiger charge is -2.21. The fourth-order valence-electron chi connectivity index (χ4n) is 6.40. The second-order valence-corrected chi connectivity index (χ2v) is 10.6. The highest BCUT2D eigenvalue weighted by Crippen LogP contribution is 2.46. The Bertz CT molecular complexity index is 2530. The number of fused-ring (bicyclic) bond motifs is 3. The SMILES string of the molecule is [2H]c1c([2H])c([2H])c(-c2ccc3c(-c4ccccc4-n4c(CC)nc5ccccc54)c4ccccc4c(-c4ccccc4)c3c2)c([2H])c1[2H]. The van der Waals surface area contributed by atoms with Crippen molar-refractivity contribution in [1.29, 1.82) is 0 Å². The van der Waals surface area contributed by atoms with Gasteiger partial charge in [-0.3, -0.25) is 4.57 Å². The van der Waals surface area contributed by atoms with Crippen molar-refractivity contribution >= 4 is 32.6 Å². The summed E-state index contributed by atoms with van der Waals surface area (Å²) in [6.07, 6.45) is 0.763. The van der Waals surface area contributed by atoms with Gasteiger partial charge in [-0.2, -0.15) is 0 Å². The molecule has 1 aromatic heterocycles. The molecule has 2 nitrogen and oxygen atoms in total. The normalized spacial score (nSPS) is 13.1. The Hall–Kier alpha value is -5.47. The number of aryl methyl sites for hydroxylation is 1. The van der Waals surface area contributed by atoms with Gasteiger partial charge in [0.15, 0.2) is 0 Å². The average Bonchev–Trinajstić information content (AvgIpc) is 3.51. The molecule has 0 bridgehead atoms. The van der Waals surface area contributed by atoms with Gasteiger partial charge in [-0.15, -0.1) is 0 Å². The second-order valence-electron chi connectivity index (χ2n) is 10.6. The fourth-order valence-corrected chi connectivity index (χ4v) is 6.40. The summed E-state index contributed by atoms with van der Waals surface area (Å²) in [7, 11) is 0. The predicted molar refractivity (Wildman–Crippen MR) is 182 cm³/mol. The van der Waals surface area contributed by atoms with Crippen LogP contribution in [0.15, 0.2) is 152 Å². The van der Waals surface area contributed by atoms with Crippen LogP contribution in [0.25, 0.3) is 71.6 Å². The largest absolute Gasteiger partial charge is 0.296 e. The predicted octanol–water partition coefficient (Wildman–Crippen LogP) is 10.9. The highest BCUT2D eigenvalue weighted by atomic mass is 15.1. The lowest BCUT2D eigenvalue weighted by atomic mass is 9.84. The van der Waals surface area contributed by atoms with Crippen LogP contribution in [0.3, 0.4) is 0 Å². The van der Waals surface area contributed by atoms with Crippen molar-refractivity contribution in [3.8, 4) is 39.1 Å². The van der Waals surface area contributed by atoms with Crippen LogP contribution < -0.4 is 0 Å². The third-order valence-corrected chi connectivity index (χ3v) is 8.24. The molecule has 43 heavy (non-hydrogen) atoms. The molecule has 0 radical (unpaired) electrons. The summed E-state index contributed by atoms with van der Waals surface area (Å²) in [5.41, 5.74) is 7.94. The zero-order valence-electron chi connectivity index (χ0n) is 28.6. The minimum absolute atomic E-state index is 0.189. The molecule has 2 heteroatoms. The van der Waals surface area contributed by atoms with Crippen LogP contribution in [0.2, 0.25) is 0 Å².